The third-order valence-corrected chi connectivity index (χ3v) is 4.06. The SMILES string of the molecule is CNC(=O)c1c(N)nsc1N(C)Cc1ccc(OC)cc1. The Morgan fingerprint density at radius 2 is 2.10 bits per heavy atom. The Balaban J connectivity index is 2.20. The number of benzene rings is 1. The highest BCUT2D eigenvalue weighted by molar-refractivity contribution is 7.11. The number of anilines is 2. The second kappa shape index (κ2) is 6.45. The van der Waals surface area contributed by atoms with Crippen LogP contribution in [0, 0.1) is 0 Å². The number of nitrogens with one attached hydrogen (secondary N) is 1. The Morgan fingerprint density at radius 3 is 2.67 bits per heavy atom. The fourth-order valence-corrected chi connectivity index (χ4v) is 2.74. The lowest BCUT2D eigenvalue weighted by atomic mass is 10.2. The summed E-state index contributed by atoms with van der Waals surface area (Å²) in [5, 5.41) is 3.34. The summed E-state index contributed by atoms with van der Waals surface area (Å²) in [6.07, 6.45) is 0. The summed E-state index contributed by atoms with van der Waals surface area (Å²) in [6.45, 7) is 0.648. The van der Waals surface area contributed by atoms with Crippen molar-refractivity contribution in [1.82, 2.24) is 9.69 Å². The van der Waals surface area contributed by atoms with Crippen LogP contribution in [0.25, 0.3) is 0 Å². The molecule has 0 spiro atoms. The fourth-order valence-electron chi connectivity index (χ4n) is 1.97. The normalized spacial score (nSPS) is 10.2. The molecule has 1 amide bonds. The van der Waals surface area contributed by atoms with E-state index in [4.69, 9.17) is 10.5 Å². The van der Waals surface area contributed by atoms with Gasteiger partial charge in [0.25, 0.3) is 5.91 Å². The molecule has 0 radical (unpaired) electrons. The van der Waals surface area contributed by atoms with Gasteiger partial charge in [0.2, 0.25) is 0 Å². The fraction of sp³-hybridized carbons (Fsp3) is 0.286. The Hall–Kier alpha value is -2.28. The largest absolute Gasteiger partial charge is 0.497 e. The summed E-state index contributed by atoms with van der Waals surface area (Å²) in [5.74, 6) is 0.850. The van der Waals surface area contributed by atoms with Gasteiger partial charge >= 0.3 is 0 Å². The summed E-state index contributed by atoms with van der Waals surface area (Å²) in [6, 6.07) is 7.78. The molecule has 0 aliphatic rings. The number of hydrogen-bond donors (Lipinski definition) is 2. The zero-order chi connectivity index (χ0) is 15.4. The van der Waals surface area contributed by atoms with E-state index in [0.29, 0.717) is 12.1 Å². The van der Waals surface area contributed by atoms with Crippen molar-refractivity contribution in [2.45, 2.75) is 6.54 Å². The second-order valence-electron chi connectivity index (χ2n) is 4.53. The number of aromatic nitrogens is 1. The van der Waals surface area contributed by atoms with E-state index in [1.54, 1.807) is 14.2 Å². The van der Waals surface area contributed by atoms with Gasteiger partial charge in [0, 0.05) is 20.6 Å². The smallest absolute Gasteiger partial charge is 0.257 e. The highest BCUT2D eigenvalue weighted by Gasteiger charge is 2.21. The molecule has 1 heterocycles. The molecule has 0 unspecified atom stereocenters. The summed E-state index contributed by atoms with van der Waals surface area (Å²) >= 11 is 1.22. The number of amides is 1. The molecule has 2 aromatic rings. The summed E-state index contributed by atoms with van der Waals surface area (Å²) in [7, 11) is 5.12. The second-order valence-corrected chi connectivity index (χ2v) is 5.28. The van der Waals surface area contributed by atoms with E-state index < -0.39 is 0 Å². The molecule has 6 nitrogen and oxygen atoms in total. The average Bonchev–Trinajstić information content (AvgIpc) is 2.89. The van der Waals surface area contributed by atoms with Crippen molar-refractivity contribution in [2.75, 3.05) is 31.8 Å². The van der Waals surface area contributed by atoms with Crippen molar-refractivity contribution in [2.24, 2.45) is 0 Å². The first-order valence-corrected chi connectivity index (χ1v) is 7.15. The molecule has 21 heavy (non-hydrogen) atoms. The van der Waals surface area contributed by atoms with E-state index in [0.717, 1.165) is 16.3 Å². The highest BCUT2D eigenvalue weighted by atomic mass is 32.1. The number of carbonyl (C=O) groups excluding carboxylic acids is 1. The molecule has 1 aromatic carbocycles. The van der Waals surface area contributed by atoms with E-state index in [-0.39, 0.29) is 11.7 Å². The number of rotatable bonds is 5. The van der Waals surface area contributed by atoms with Crippen LogP contribution in [-0.4, -0.2) is 31.5 Å². The van der Waals surface area contributed by atoms with E-state index in [2.05, 4.69) is 9.69 Å². The maximum absolute atomic E-state index is 11.9. The highest BCUT2D eigenvalue weighted by Crippen LogP contribution is 2.30. The van der Waals surface area contributed by atoms with Crippen molar-refractivity contribution in [3.8, 4) is 5.75 Å². The Bertz CT molecular complexity index is 624. The van der Waals surface area contributed by atoms with Crippen LogP contribution in [0.15, 0.2) is 24.3 Å². The molecule has 0 atom stereocenters. The van der Waals surface area contributed by atoms with Crippen LogP contribution in [0.3, 0.4) is 0 Å². The molecule has 3 N–H and O–H groups in total. The molecule has 7 heteroatoms. The average molecular weight is 306 g/mol. The molecule has 0 fully saturated rings. The van der Waals surface area contributed by atoms with Crippen LogP contribution in [0.5, 0.6) is 5.75 Å². The molecule has 1 aromatic heterocycles. The lowest BCUT2D eigenvalue weighted by molar-refractivity contribution is 0.0964. The predicted molar refractivity (Wildman–Crippen MR) is 85.0 cm³/mol. The standard InChI is InChI=1S/C14H18N4O2S/c1-16-13(19)11-12(15)17-21-14(11)18(2)8-9-4-6-10(20-3)7-5-9/h4-7H,8H2,1-3H3,(H2,15,17)(H,16,19). The van der Waals surface area contributed by atoms with E-state index in [9.17, 15) is 4.79 Å². The summed E-state index contributed by atoms with van der Waals surface area (Å²) in [5.41, 5.74) is 7.32. The summed E-state index contributed by atoms with van der Waals surface area (Å²) in [4.78, 5) is 13.8. The maximum atomic E-state index is 11.9. The quantitative estimate of drug-likeness (QED) is 0.879. The zero-order valence-electron chi connectivity index (χ0n) is 12.2. The van der Waals surface area contributed by atoms with Gasteiger partial charge in [-0.15, -0.1) is 0 Å². The van der Waals surface area contributed by atoms with E-state index in [1.165, 1.54) is 11.5 Å². The van der Waals surface area contributed by atoms with Gasteiger partial charge in [-0.05, 0) is 29.2 Å². The predicted octanol–water partition coefficient (Wildman–Crippen LogP) is 1.73. The van der Waals surface area contributed by atoms with Gasteiger partial charge in [0.15, 0.2) is 5.82 Å². The lowest BCUT2D eigenvalue weighted by Crippen LogP contribution is -2.23. The first-order chi connectivity index (χ1) is 10.1. The van der Waals surface area contributed by atoms with Crippen molar-refractivity contribution in [3.05, 3.63) is 35.4 Å². The number of nitrogens with two attached hydrogens (primary N) is 1. The zero-order valence-corrected chi connectivity index (χ0v) is 13.0. The molecule has 0 saturated carbocycles. The van der Waals surface area contributed by atoms with Gasteiger partial charge in [-0.1, -0.05) is 12.1 Å². The van der Waals surface area contributed by atoms with Crippen LogP contribution in [0.4, 0.5) is 10.8 Å². The van der Waals surface area contributed by atoms with Crippen LogP contribution < -0.4 is 20.7 Å². The van der Waals surface area contributed by atoms with Crippen molar-refractivity contribution in [3.63, 3.8) is 0 Å². The van der Waals surface area contributed by atoms with E-state index in [1.807, 2.05) is 36.2 Å². The van der Waals surface area contributed by atoms with Crippen molar-refractivity contribution in [1.29, 1.82) is 0 Å². The van der Waals surface area contributed by atoms with Gasteiger partial charge in [-0.3, -0.25) is 4.79 Å². The molecular weight excluding hydrogens is 288 g/mol. The monoisotopic (exact) mass is 306 g/mol. The number of hydrogen-bond acceptors (Lipinski definition) is 6. The van der Waals surface area contributed by atoms with Crippen LogP contribution in [0.1, 0.15) is 15.9 Å². The first kappa shape index (κ1) is 15.1. The minimum absolute atomic E-state index is 0.224. The number of ether oxygens (including phenoxy) is 1. The van der Waals surface area contributed by atoms with Gasteiger partial charge < -0.3 is 20.7 Å². The van der Waals surface area contributed by atoms with Crippen molar-refractivity contribution < 1.29 is 9.53 Å². The molecule has 0 bridgehead atoms. The minimum atomic E-state index is -0.224. The van der Waals surface area contributed by atoms with E-state index >= 15 is 0 Å². The molecule has 0 aliphatic heterocycles. The third-order valence-electron chi connectivity index (χ3n) is 3.08. The minimum Gasteiger partial charge on any atom is -0.497 e. The molecule has 0 saturated heterocycles. The van der Waals surface area contributed by atoms with Gasteiger partial charge in [0.05, 0.1) is 7.11 Å². The number of nitrogens with zero attached hydrogens (tertiary/aromatic N) is 2. The van der Waals surface area contributed by atoms with Gasteiger partial charge in [-0.25, -0.2) is 0 Å². The molecular formula is C14H18N4O2S. The molecule has 112 valence electrons. The van der Waals surface area contributed by atoms with Crippen LogP contribution >= 0.6 is 11.5 Å². The number of nitrogen functional groups attached to an aromatic ring is 1. The Morgan fingerprint density at radius 1 is 1.43 bits per heavy atom. The van der Waals surface area contributed by atoms with Crippen LogP contribution in [-0.2, 0) is 6.54 Å². The third kappa shape index (κ3) is 3.25. The topological polar surface area (TPSA) is 80.5 Å². The van der Waals surface area contributed by atoms with Gasteiger partial charge in [0.1, 0.15) is 16.3 Å². The molecule has 2 rings (SSSR count). The lowest BCUT2D eigenvalue weighted by Gasteiger charge is -2.18. The number of carbonyl (C=O) groups is 1. The molecule has 0 aliphatic carbocycles. The van der Waals surface area contributed by atoms with Gasteiger partial charge in [-0.2, -0.15) is 4.37 Å². The summed E-state index contributed by atoms with van der Waals surface area (Å²) < 4.78 is 9.21. The Kier molecular flexibility index (Phi) is 4.64. The maximum Gasteiger partial charge on any atom is 0.257 e. The number of methoxy groups -OCH3 is 1. The van der Waals surface area contributed by atoms with Crippen molar-refractivity contribution >= 4 is 28.3 Å². The first-order valence-electron chi connectivity index (χ1n) is 6.38. The Labute approximate surface area is 127 Å². The van der Waals surface area contributed by atoms with Crippen LogP contribution in [0.2, 0.25) is 0 Å².